The van der Waals surface area contributed by atoms with Crippen molar-refractivity contribution in [3.05, 3.63) is 24.3 Å². The third-order valence-electron chi connectivity index (χ3n) is 2.78. The SMILES string of the molecule is CCN(O)c1ccc(N[C@@H](CCC(N)=O)C(=O)O)cc1. The van der Waals surface area contributed by atoms with Gasteiger partial charge in [-0.2, -0.15) is 0 Å². The number of rotatable bonds is 8. The summed E-state index contributed by atoms with van der Waals surface area (Å²) in [7, 11) is 0. The second kappa shape index (κ2) is 7.34. The summed E-state index contributed by atoms with van der Waals surface area (Å²) in [6.07, 6.45) is 0.121. The first-order valence-electron chi connectivity index (χ1n) is 6.28. The number of anilines is 2. The van der Waals surface area contributed by atoms with Crippen LogP contribution in [0.2, 0.25) is 0 Å². The predicted octanol–water partition coefficient (Wildman–Crippen LogP) is 1.03. The molecular formula is C13H19N3O4. The summed E-state index contributed by atoms with van der Waals surface area (Å²) >= 11 is 0. The molecule has 0 saturated heterocycles. The van der Waals surface area contributed by atoms with E-state index in [2.05, 4.69) is 5.32 Å². The summed E-state index contributed by atoms with van der Waals surface area (Å²) in [6, 6.07) is 5.77. The van der Waals surface area contributed by atoms with Gasteiger partial charge in [-0.15, -0.1) is 0 Å². The molecule has 0 aliphatic heterocycles. The van der Waals surface area contributed by atoms with Gasteiger partial charge in [-0.05, 0) is 37.6 Å². The van der Waals surface area contributed by atoms with Crippen molar-refractivity contribution in [3.63, 3.8) is 0 Å². The smallest absolute Gasteiger partial charge is 0.326 e. The number of hydroxylamine groups is 1. The van der Waals surface area contributed by atoms with Crippen LogP contribution in [0.25, 0.3) is 0 Å². The van der Waals surface area contributed by atoms with Crippen LogP contribution in [-0.2, 0) is 9.59 Å². The number of hydrogen-bond acceptors (Lipinski definition) is 5. The highest BCUT2D eigenvalue weighted by Gasteiger charge is 2.17. The number of amides is 1. The Hall–Kier alpha value is -2.28. The summed E-state index contributed by atoms with van der Waals surface area (Å²) < 4.78 is 0. The Morgan fingerprint density at radius 1 is 1.35 bits per heavy atom. The summed E-state index contributed by atoms with van der Waals surface area (Å²) in [6.45, 7) is 2.25. The number of hydrogen-bond donors (Lipinski definition) is 4. The number of nitrogens with zero attached hydrogens (tertiary/aromatic N) is 1. The van der Waals surface area contributed by atoms with Crippen LogP contribution < -0.4 is 16.1 Å². The van der Waals surface area contributed by atoms with Crippen molar-refractivity contribution in [2.24, 2.45) is 5.73 Å². The molecule has 0 unspecified atom stereocenters. The molecule has 7 heteroatoms. The van der Waals surface area contributed by atoms with E-state index in [1.807, 2.05) is 0 Å². The van der Waals surface area contributed by atoms with Crippen molar-refractivity contribution in [2.75, 3.05) is 16.9 Å². The Morgan fingerprint density at radius 2 is 1.95 bits per heavy atom. The molecule has 0 bridgehead atoms. The van der Waals surface area contributed by atoms with E-state index in [0.717, 1.165) is 5.06 Å². The van der Waals surface area contributed by atoms with Gasteiger partial charge in [0.1, 0.15) is 6.04 Å². The van der Waals surface area contributed by atoms with Crippen molar-refractivity contribution in [2.45, 2.75) is 25.8 Å². The maximum absolute atomic E-state index is 11.1. The highest BCUT2D eigenvalue weighted by atomic mass is 16.5. The first-order valence-corrected chi connectivity index (χ1v) is 6.28. The molecule has 0 aliphatic rings. The molecular weight excluding hydrogens is 262 g/mol. The standard InChI is InChI=1S/C13H19N3O4/c1-2-16(20)10-5-3-9(4-6-10)15-11(13(18)19)7-8-12(14)17/h3-6,11,15,20H,2,7-8H2,1H3,(H2,14,17)(H,18,19)/t11-/m0/s1. The third-order valence-corrected chi connectivity index (χ3v) is 2.78. The van der Waals surface area contributed by atoms with Gasteiger partial charge in [-0.25, -0.2) is 4.79 Å². The minimum Gasteiger partial charge on any atom is -0.480 e. The lowest BCUT2D eigenvalue weighted by atomic mass is 10.1. The Kier molecular flexibility index (Phi) is 5.79. The Balaban J connectivity index is 2.69. The molecule has 0 heterocycles. The molecule has 0 spiro atoms. The largest absolute Gasteiger partial charge is 0.480 e. The highest BCUT2D eigenvalue weighted by molar-refractivity contribution is 5.79. The normalized spacial score (nSPS) is 11.7. The first-order chi connectivity index (χ1) is 9.43. The van der Waals surface area contributed by atoms with Crippen LogP contribution in [0.4, 0.5) is 11.4 Å². The van der Waals surface area contributed by atoms with Crippen molar-refractivity contribution >= 4 is 23.3 Å². The van der Waals surface area contributed by atoms with Gasteiger partial charge in [0.25, 0.3) is 0 Å². The lowest BCUT2D eigenvalue weighted by Gasteiger charge is -2.17. The van der Waals surface area contributed by atoms with Crippen LogP contribution in [0.5, 0.6) is 0 Å². The van der Waals surface area contributed by atoms with Gasteiger partial charge in [0.05, 0.1) is 5.69 Å². The van der Waals surface area contributed by atoms with E-state index in [-0.39, 0.29) is 12.8 Å². The molecule has 0 aliphatic carbocycles. The fraction of sp³-hybridized carbons (Fsp3) is 0.385. The maximum atomic E-state index is 11.1. The lowest BCUT2D eigenvalue weighted by molar-refractivity contribution is -0.138. The number of benzene rings is 1. The molecule has 1 amide bonds. The highest BCUT2D eigenvalue weighted by Crippen LogP contribution is 2.18. The monoisotopic (exact) mass is 281 g/mol. The number of primary amides is 1. The van der Waals surface area contributed by atoms with Gasteiger partial charge in [-0.3, -0.25) is 15.1 Å². The zero-order valence-corrected chi connectivity index (χ0v) is 11.2. The van der Waals surface area contributed by atoms with Crippen LogP contribution in [-0.4, -0.2) is 34.8 Å². The number of carboxylic acid groups (broad SMARTS) is 1. The number of aliphatic carboxylic acids is 1. The Bertz CT molecular complexity index is 461. The van der Waals surface area contributed by atoms with Crippen molar-refractivity contribution in [1.82, 2.24) is 0 Å². The molecule has 20 heavy (non-hydrogen) atoms. The van der Waals surface area contributed by atoms with Crippen molar-refractivity contribution in [1.29, 1.82) is 0 Å². The van der Waals surface area contributed by atoms with Crippen molar-refractivity contribution in [3.8, 4) is 0 Å². The topological polar surface area (TPSA) is 116 Å². The van der Waals surface area contributed by atoms with E-state index in [1.54, 1.807) is 31.2 Å². The average Bonchev–Trinajstić information content (AvgIpc) is 2.42. The van der Waals surface area contributed by atoms with Gasteiger partial charge in [0, 0.05) is 18.7 Å². The van der Waals surface area contributed by atoms with Crippen molar-refractivity contribution < 1.29 is 19.9 Å². The lowest BCUT2D eigenvalue weighted by Crippen LogP contribution is -2.30. The molecule has 1 atom stereocenters. The number of carboxylic acids is 1. The van der Waals surface area contributed by atoms with E-state index in [9.17, 15) is 14.8 Å². The average molecular weight is 281 g/mol. The third kappa shape index (κ3) is 4.77. The molecule has 1 aromatic rings. The summed E-state index contributed by atoms with van der Waals surface area (Å²) in [4.78, 5) is 21.8. The van der Waals surface area contributed by atoms with E-state index in [4.69, 9.17) is 10.8 Å². The second-order valence-corrected chi connectivity index (χ2v) is 4.30. The number of nitrogens with one attached hydrogen (secondary N) is 1. The van der Waals surface area contributed by atoms with Crippen LogP contribution in [0.3, 0.4) is 0 Å². The van der Waals surface area contributed by atoms with Gasteiger partial charge < -0.3 is 16.2 Å². The van der Waals surface area contributed by atoms with Crippen LogP contribution in [0, 0.1) is 0 Å². The van der Waals surface area contributed by atoms with Gasteiger partial charge in [0.2, 0.25) is 5.91 Å². The molecule has 1 rings (SSSR count). The molecule has 0 radical (unpaired) electrons. The molecule has 1 aromatic carbocycles. The maximum Gasteiger partial charge on any atom is 0.326 e. The van der Waals surface area contributed by atoms with Gasteiger partial charge in [0.15, 0.2) is 0 Å². The minimum absolute atomic E-state index is 0.00228. The quantitative estimate of drug-likeness (QED) is 0.529. The molecule has 0 aromatic heterocycles. The summed E-state index contributed by atoms with van der Waals surface area (Å²) in [5.41, 5.74) is 6.22. The first kappa shape index (κ1) is 15.8. The van der Waals surface area contributed by atoms with Crippen LogP contribution in [0.15, 0.2) is 24.3 Å². The minimum atomic E-state index is -1.05. The molecule has 7 nitrogen and oxygen atoms in total. The zero-order chi connectivity index (χ0) is 15.1. The number of nitrogens with two attached hydrogens (primary N) is 1. The number of carbonyl (C=O) groups is 2. The molecule has 110 valence electrons. The second-order valence-electron chi connectivity index (χ2n) is 4.30. The predicted molar refractivity (Wildman–Crippen MR) is 74.7 cm³/mol. The number of carbonyl (C=O) groups excluding carboxylic acids is 1. The van der Waals surface area contributed by atoms with Crippen LogP contribution in [0.1, 0.15) is 19.8 Å². The van der Waals surface area contributed by atoms with E-state index < -0.39 is 17.9 Å². The van der Waals surface area contributed by atoms with Gasteiger partial charge >= 0.3 is 5.97 Å². The van der Waals surface area contributed by atoms with Gasteiger partial charge in [-0.1, -0.05) is 0 Å². The Morgan fingerprint density at radius 3 is 2.40 bits per heavy atom. The van der Waals surface area contributed by atoms with E-state index in [0.29, 0.717) is 17.9 Å². The fourth-order valence-corrected chi connectivity index (χ4v) is 1.66. The fourth-order valence-electron chi connectivity index (χ4n) is 1.66. The summed E-state index contributed by atoms with van der Waals surface area (Å²) in [5, 5.41) is 22.5. The molecule has 5 N–H and O–H groups in total. The summed E-state index contributed by atoms with van der Waals surface area (Å²) in [5.74, 6) is -1.58. The Labute approximate surface area is 117 Å². The van der Waals surface area contributed by atoms with Crippen LogP contribution >= 0.6 is 0 Å². The molecule has 0 saturated carbocycles. The molecule has 0 fully saturated rings. The van der Waals surface area contributed by atoms with E-state index in [1.165, 1.54) is 0 Å². The van der Waals surface area contributed by atoms with E-state index >= 15 is 0 Å². The zero-order valence-electron chi connectivity index (χ0n) is 11.2.